The zero-order chi connectivity index (χ0) is 21.0. The number of amides is 3. The number of ether oxygens (including phenoxy) is 1. The third-order valence-corrected chi connectivity index (χ3v) is 5.00. The van der Waals surface area contributed by atoms with Crippen molar-refractivity contribution in [2.24, 2.45) is 0 Å². The first-order valence-corrected chi connectivity index (χ1v) is 9.70. The number of hydrogen-bond acceptors (Lipinski definition) is 6. The normalized spacial score (nSPS) is 12.8. The molecule has 0 radical (unpaired) electrons. The van der Waals surface area contributed by atoms with Gasteiger partial charge in [-0.2, -0.15) is 0 Å². The minimum Gasteiger partial charge on any atom is -0.449 e. The number of halogens is 1. The summed E-state index contributed by atoms with van der Waals surface area (Å²) >= 11 is 5.85. The number of benzene rings is 1. The molecule has 0 bridgehead atoms. The summed E-state index contributed by atoms with van der Waals surface area (Å²) in [6, 6.07) is 2.79. The van der Waals surface area contributed by atoms with Gasteiger partial charge in [0, 0.05) is 5.54 Å². The molecule has 0 aliphatic heterocycles. The molecule has 0 saturated carbocycles. The van der Waals surface area contributed by atoms with Crippen molar-refractivity contribution in [1.82, 2.24) is 15.4 Å². The average molecular weight is 420 g/mol. The van der Waals surface area contributed by atoms with Crippen LogP contribution in [0, 0.1) is 0 Å². The van der Waals surface area contributed by atoms with Crippen molar-refractivity contribution in [3.05, 3.63) is 28.8 Å². The quantitative estimate of drug-likeness (QED) is 0.618. The van der Waals surface area contributed by atoms with E-state index in [1.165, 1.54) is 26.1 Å². The van der Waals surface area contributed by atoms with Crippen LogP contribution in [0.25, 0.3) is 0 Å². The van der Waals surface area contributed by atoms with Gasteiger partial charge < -0.3 is 10.1 Å². The smallest absolute Gasteiger partial charge is 0.338 e. The molecule has 0 aliphatic rings. The van der Waals surface area contributed by atoms with Gasteiger partial charge in [-0.15, -0.1) is 0 Å². The van der Waals surface area contributed by atoms with E-state index in [0.29, 0.717) is 0 Å². The van der Waals surface area contributed by atoms with Gasteiger partial charge in [0.1, 0.15) is 4.90 Å². The van der Waals surface area contributed by atoms with E-state index in [-0.39, 0.29) is 15.5 Å². The van der Waals surface area contributed by atoms with Crippen LogP contribution in [0.3, 0.4) is 0 Å². The fourth-order valence-electron chi connectivity index (χ4n) is 1.81. The maximum atomic E-state index is 12.2. The standard InChI is InChI=1S/C16H22ClN3O6S/c1-9(13(21)19-15(23)20-16(2,3)4)26-14(22)10-6-7-11(17)12(8-10)27(24,25)18-5/h6-9,18H,1-5H3,(H2,19,20,21,23)/t9-/m1/s1. The van der Waals surface area contributed by atoms with Crippen LogP contribution in [0.15, 0.2) is 23.1 Å². The predicted octanol–water partition coefficient (Wildman–Crippen LogP) is 1.42. The van der Waals surface area contributed by atoms with Gasteiger partial charge in [-0.1, -0.05) is 11.6 Å². The van der Waals surface area contributed by atoms with Crippen LogP contribution >= 0.6 is 11.6 Å². The highest BCUT2D eigenvalue weighted by molar-refractivity contribution is 7.89. The van der Waals surface area contributed by atoms with Crippen LogP contribution < -0.4 is 15.4 Å². The van der Waals surface area contributed by atoms with E-state index >= 15 is 0 Å². The number of carbonyl (C=O) groups is 3. The Morgan fingerprint density at radius 1 is 1.19 bits per heavy atom. The maximum Gasteiger partial charge on any atom is 0.338 e. The lowest BCUT2D eigenvalue weighted by molar-refractivity contribution is -0.127. The van der Waals surface area contributed by atoms with Gasteiger partial charge in [-0.25, -0.2) is 22.7 Å². The van der Waals surface area contributed by atoms with Crippen molar-refractivity contribution in [3.8, 4) is 0 Å². The highest BCUT2D eigenvalue weighted by Crippen LogP contribution is 2.23. The molecule has 0 heterocycles. The summed E-state index contributed by atoms with van der Waals surface area (Å²) < 4.78 is 30.9. The largest absolute Gasteiger partial charge is 0.449 e. The molecule has 0 fully saturated rings. The summed E-state index contributed by atoms with van der Waals surface area (Å²) in [5.74, 6) is -1.78. The van der Waals surface area contributed by atoms with Crippen molar-refractivity contribution in [1.29, 1.82) is 0 Å². The molecule has 27 heavy (non-hydrogen) atoms. The summed E-state index contributed by atoms with van der Waals surface area (Å²) in [5.41, 5.74) is -0.671. The molecule has 0 spiro atoms. The Hall–Kier alpha value is -2.17. The third-order valence-electron chi connectivity index (χ3n) is 3.10. The molecule has 3 N–H and O–H groups in total. The number of hydrogen-bond donors (Lipinski definition) is 3. The number of carbonyl (C=O) groups excluding carboxylic acids is 3. The predicted molar refractivity (Wildman–Crippen MR) is 99.0 cm³/mol. The summed E-state index contributed by atoms with van der Waals surface area (Å²) in [6.45, 7) is 6.48. The Balaban J connectivity index is 2.85. The fourth-order valence-corrected chi connectivity index (χ4v) is 3.06. The molecule has 0 aromatic heterocycles. The second-order valence-corrected chi connectivity index (χ2v) is 8.86. The van der Waals surface area contributed by atoms with Crippen LogP contribution in [0.5, 0.6) is 0 Å². The molecule has 1 rings (SSSR count). The Morgan fingerprint density at radius 2 is 1.78 bits per heavy atom. The molecule has 3 amide bonds. The first kappa shape index (κ1) is 22.9. The lowest BCUT2D eigenvalue weighted by Crippen LogP contribution is -2.50. The third kappa shape index (κ3) is 6.81. The van der Waals surface area contributed by atoms with Crippen LogP contribution in [-0.2, 0) is 19.6 Å². The van der Waals surface area contributed by atoms with Crippen molar-refractivity contribution in [3.63, 3.8) is 0 Å². The Morgan fingerprint density at radius 3 is 2.30 bits per heavy atom. The van der Waals surface area contributed by atoms with Crippen molar-refractivity contribution >= 4 is 39.5 Å². The maximum absolute atomic E-state index is 12.2. The van der Waals surface area contributed by atoms with Gasteiger partial charge in [-0.3, -0.25) is 10.1 Å². The molecular weight excluding hydrogens is 398 g/mol. The van der Waals surface area contributed by atoms with E-state index in [0.717, 1.165) is 6.07 Å². The van der Waals surface area contributed by atoms with Gasteiger partial charge >= 0.3 is 12.0 Å². The summed E-state index contributed by atoms with van der Waals surface area (Å²) in [7, 11) is -2.68. The molecule has 9 nitrogen and oxygen atoms in total. The average Bonchev–Trinajstić information content (AvgIpc) is 2.52. The van der Waals surface area contributed by atoms with Gasteiger partial charge in [0.15, 0.2) is 6.10 Å². The SMILES string of the molecule is CNS(=O)(=O)c1cc(C(=O)O[C@H](C)C(=O)NC(=O)NC(C)(C)C)ccc1Cl. The van der Waals surface area contributed by atoms with E-state index in [1.807, 2.05) is 0 Å². The van der Waals surface area contributed by atoms with Crippen LogP contribution in [0.4, 0.5) is 4.79 Å². The van der Waals surface area contributed by atoms with Crippen molar-refractivity contribution in [2.45, 2.75) is 44.2 Å². The van der Waals surface area contributed by atoms with Gasteiger partial charge in [0.2, 0.25) is 10.0 Å². The number of esters is 1. The monoisotopic (exact) mass is 419 g/mol. The summed E-state index contributed by atoms with van der Waals surface area (Å²) in [4.78, 5) is 35.5. The minimum absolute atomic E-state index is 0.0782. The molecule has 1 aromatic carbocycles. The lowest BCUT2D eigenvalue weighted by atomic mass is 10.1. The Labute approximate surface area is 162 Å². The van der Waals surface area contributed by atoms with Crippen molar-refractivity contribution < 1.29 is 27.5 Å². The molecule has 0 saturated heterocycles. The van der Waals surface area contributed by atoms with Gasteiger partial charge in [0.05, 0.1) is 10.6 Å². The highest BCUT2D eigenvalue weighted by Gasteiger charge is 2.24. The molecule has 11 heteroatoms. The zero-order valence-electron chi connectivity index (χ0n) is 15.5. The van der Waals surface area contributed by atoms with E-state index < -0.39 is 39.6 Å². The summed E-state index contributed by atoms with van der Waals surface area (Å²) in [6.07, 6.45) is -1.29. The highest BCUT2D eigenvalue weighted by atomic mass is 35.5. The van der Waals surface area contributed by atoms with Gasteiger partial charge in [0.25, 0.3) is 5.91 Å². The Kier molecular flexibility index (Phi) is 7.35. The molecule has 150 valence electrons. The molecular formula is C16H22ClN3O6S. The minimum atomic E-state index is -3.88. The number of nitrogens with one attached hydrogen (secondary N) is 3. The lowest BCUT2D eigenvalue weighted by Gasteiger charge is -2.21. The molecule has 1 aromatic rings. The summed E-state index contributed by atoms with van der Waals surface area (Å²) in [5, 5.41) is 4.50. The van der Waals surface area contributed by atoms with E-state index in [9.17, 15) is 22.8 Å². The number of urea groups is 1. The van der Waals surface area contributed by atoms with E-state index in [1.54, 1.807) is 20.8 Å². The van der Waals surface area contributed by atoms with Gasteiger partial charge in [-0.05, 0) is 52.9 Å². The van der Waals surface area contributed by atoms with Crippen LogP contribution in [-0.4, -0.2) is 45.0 Å². The topological polar surface area (TPSA) is 131 Å². The second kappa shape index (κ2) is 8.68. The molecule has 0 aliphatic carbocycles. The number of rotatable bonds is 5. The number of imide groups is 1. The zero-order valence-corrected chi connectivity index (χ0v) is 17.1. The van der Waals surface area contributed by atoms with E-state index in [2.05, 4.69) is 15.4 Å². The first-order valence-electron chi connectivity index (χ1n) is 7.84. The van der Waals surface area contributed by atoms with Crippen LogP contribution in [0.1, 0.15) is 38.1 Å². The van der Waals surface area contributed by atoms with Crippen LogP contribution in [0.2, 0.25) is 5.02 Å². The number of sulfonamides is 1. The second-order valence-electron chi connectivity index (χ2n) is 6.59. The first-order chi connectivity index (χ1) is 12.3. The molecule has 0 unspecified atom stereocenters. The van der Waals surface area contributed by atoms with E-state index in [4.69, 9.17) is 16.3 Å². The van der Waals surface area contributed by atoms with Crippen molar-refractivity contribution in [2.75, 3.05) is 7.05 Å². The Bertz CT molecular complexity index is 848. The fraction of sp³-hybridized carbons (Fsp3) is 0.438. The molecule has 1 atom stereocenters.